The van der Waals surface area contributed by atoms with Crippen molar-refractivity contribution >= 4 is 6.21 Å². The van der Waals surface area contributed by atoms with Crippen molar-refractivity contribution < 1.29 is 0 Å². The zero-order valence-corrected chi connectivity index (χ0v) is 6.38. The summed E-state index contributed by atoms with van der Waals surface area (Å²) in [5, 5.41) is 0. The van der Waals surface area contributed by atoms with Crippen LogP contribution in [0.4, 0.5) is 0 Å². The zero-order valence-electron chi connectivity index (χ0n) is 6.38. The largest absolute Gasteiger partial charge is 0.265 e. The van der Waals surface area contributed by atoms with Crippen molar-refractivity contribution in [2.75, 3.05) is 0 Å². The lowest BCUT2D eigenvalue weighted by atomic mass is 10.2. The van der Waals surface area contributed by atoms with Crippen molar-refractivity contribution in [3.8, 4) is 0 Å². The average molecular weight is 135 g/mol. The van der Waals surface area contributed by atoms with Crippen LogP contribution in [0.3, 0.4) is 0 Å². The van der Waals surface area contributed by atoms with Gasteiger partial charge in [0.15, 0.2) is 0 Å². The summed E-state index contributed by atoms with van der Waals surface area (Å²) in [6.07, 6.45) is 11.7. The van der Waals surface area contributed by atoms with Crippen molar-refractivity contribution in [1.82, 2.24) is 0 Å². The zero-order chi connectivity index (χ0) is 7.23. The summed E-state index contributed by atoms with van der Waals surface area (Å²) >= 11 is 0. The van der Waals surface area contributed by atoms with Crippen LogP contribution >= 0.6 is 0 Å². The van der Waals surface area contributed by atoms with Crippen molar-refractivity contribution in [2.24, 2.45) is 4.99 Å². The summed E-state index contributed by atoms with van der Waals surface area (Å²) in [5.74, 6) is 0. The third kappa shape index (κ3) is 2.62. The standard InChI is InChI=1S/C9H13N/c1-9-6-4-2-3-5-7-10-8-9/h5-8H,2-4H2,1H3/b7-5+,9-6-,10-8-. The Morgan fingerprint density at radius 2 is 2.30 bits per heavy atom. The maximum absolute atomic E-state index is 4.10. The van der Waals surface area contributed by atoms with E-state index in [0.717, 1.165) is 6.42 Å². The molecule has 1 heterocycles. The van der Waals surface area contributed by atoms with E-state index < -0.39 is 0 Å². The third-order valence-corrected chi connectivity index (χ3v) is 1.51. The van der Waals surface area contributed by atoms with Gasteiger partial charge < -0.3 is 0 Å². The lowest BCUT2D eigenvalue weighted by Crippen LogP contribution is -1.75. The topological polar surface area (TPSA) is 12.4 Å². The lowest BCUT2D eigenvalue weighted by molar-refractivity contribution is 0.866. The molecule has 0 fully saturated rings. The van der Waals surface area contributed by atoms with Crippen molar-refractivity contribution in [2.45, 2.75) is 26.2 Å². The Kier molecular flexibility index (Phi) is 2.94. The summed E-state index contributed by atoms with van der Waals surface area (Å²) in [4.78, 5) is 4.10. The van der Waals surface area contributed by atoms with Gasteiger partial charge in [-0.05, 0) is 31.8 Å². The Balaban J connectivity index is 2.59. The van der Waals surface area contributed by atoms with Crippen LogP contribution in [0, 0.1) is 0 Å². The summed E-state index contributed by atoms with van der Waals surface area (Å²) < 4.78 is 0. The maximum Gasteiger partial charge on any atom is 0.0293 e. The van der Waals surface area contributed by atoms with Crippen molar-refractivity contribution in [3.63, 3.8) is 0 Å². The van der Waals surface area contributed by atoms with Gasteiger partial charge in [-0.3, -0.25) is 4.99 Å². The fourth-order valence-corrected chi connectivity index (χ4v) is 0.914. The maximum atomic E-state index is 4.10. The molecule has 1 heteroatoms. The molecule has 0 saturated carbocycles. The second-order valence-corrected chi connectivity index (χ2v) is 2.54. The summed E-state index contributed by atoms with van der Waals surface area (Å²) in [6.45, 7) is 2.09. The molecule has 1 nitrogen and oxygen atoms in total. The van der Waals surface area contributed by atoms with Gasteiger partial charge in [-0.25, -0.2) is 0 Å². The minimum absolute atomic E-state index is 1.15. The predicted octanol–water partition coefficient (Wildman–Crippen LogP) is 2.70. The molecule has 0 saturated heterocycles. The fourth-order valence-electron chi connectivity index (χ4n) is 0.914. The number of allylic oxidation sites excluding steroid dienone is 3. The first-order valence-electron chi connectivity index (χ1n) is 3.74. The summed E-state index contributed by atoms with van der Waals surface area (Å²) in [7, 11) is 0. The van der Waals surface area contributed by atoms with E-state index in [0.29, 0.717) is 0 Å². The fraction of sp³-hybridized carbons (Fsp3) is 0.444. The van der Waals surface area contributed by atoms with E-state index in [1.54, 1.807) is 0 Å². The van der Waals surface area contributed by atoms with Crippen LogP contribution < -0.4 is 0 Å². The van der Waals surface area contributed by atoms with Crippen LogP contribution in [0.1, 0.15) is 26.2 Å². The number of rotatable bonds is 0. The molecule has 1 rings (SSSR count). The van der Waals surface area contributed by atoms with Gasteiger partial charge in [0.25, 0.3) is 0 Å². The average Bonchev–Trinajstić information content (AvgIpc) is 2.02. The minimum Gasteiger partial charge on any atom is -0.265 e. The van der Waals surface area contributed by atoms with Crippen LogP contribution in [0.15, 0.2) is 28.9 Å². The SMILES string of the molecule is CC1=C/CCC/C=C/N=C\1. The van der Waals surface area contributed by atoms with Gasteiger partial charge in [-0.1, -0.05) is 12.2 Å². The predicted molar refractivity (Wildman–Crippen MR) is 45.2 cm³/mol. The molecule has 0 aromatic rings. The Bertz CT molecular complexity index is 175. The van der Waals surface area contributed by atoms with Crippen LogP contribution in [0.2, 0.25) is 0 Å². The van der Waals surface area contributed by atoms with Gasteiger partial charge in [-0.15, -0.1) is 0 Å². The van der Waals surface area contributed by atoms with Crippen LogP contribution in [0.5, 0.6) is 0 Å². The number of aliphatic imine (C=N–C) groups is 1. The molecule has 0 aromatic heterocycles. The second kappa shape index (κ2) is 4.04. The van der Waals surface area contributed by atoms with Crippen LogP contribution in [-0.2, 0) is 0 Å². The molecule has 0 aliphatic carbocycles. The minimum atomic E-state index is 1.15. The molecular weight excluding hydrogens is 122 g/mol. The van der Waals surface area contributed by atoms with Gasteiger partial charge in [-0.2, -0.15) is 0 Å². The van der Waals surface area contributed by atoms with E-state index in [1.807, 2.05) is 12.4 Å². The molecule has 0 unspecified atom stereocenters. The molecule has 1 aliphatic heterocycles. The van der Waals surface area contributed by atoms with E-state index in [4.69, 9.17) is 0 Å². The van der Waals surface area contributed by atoms with Gasteiger partial charge in [0, 0.05) is 12.4 Å². The molecule has 0 bridgehead atoms. The molecule has 0 amide bonds. The monoisotopic (exact) mass is 135 g/mol. The Hall–Kier alpha value is -0.850. The Morgan fingerprint density at radius 1 is 1.40 bits per heavy atom. The second-order valence-electron chi connectivity index (χ2n) is 2.54. The number of nitrogens with zero attached hydrogens (tertiary/aromatic N) is 1. The van der Waals surface area contributed by atoms with Crippen LogP contribution in [-0.4, -0.2) is 6.21 Å². The first kappa shape index (κ1) is 7.26. The summed E-state index contributed by atoms with van der Waals surface area (Å²) in [5.41, 5.74) is 1.27. The first-order valence-corrected chi connectivity index (χ1v) is 3.74. The molecule has 0 radical (unpaired) electrons. The van der Waals surface area contributed by atoms with E-state index in [9.17, 15) is 0 Å². The van der Waals surface area contributed by atoms with Gasteiger partial charge >= 0.3 is 0 Å². The molecule has 1 aliphatic rings. The van der Waals surface area contributed by atoms with E-state index in [-0.39, 0.29) is 0 Å². The highest BCUT2D eigenvalue weighted by Crippen LogP contribution is 2.02. The Morgan fingerprint density at radius 3 is 3.20 bits per heavy atom. The van der Waals surface area contributed by atoms with Gasteiger partial charge in [0.2, 0.25) is 0 Å². The highest BCUT2D eigenvalue weighted by molar-refractivity contribution is 5.78. The van der Waals surface area contributed by atoms with Gasteiger partial charge in [0.05, 0.1) is 0 Å². The normalized spacial score (nSPS) is 30.7. The molecular formula is C9H13N. The van der Waals surface area contributed by atoms with Gasteiger partial charge in [0.1, 0.15) is 0 Å². The number of hydrogen-bond donors (Lipinski definition) is 0. The van der Waals surface area contributed by atoms with E-state index in [1.165, 1.54) is 18.4 Å². The highest BCUT2D eigenvalue weighted by Gasteiger charge is 1.85. The summed E-state index contributed by atoms with van der Waals surface area (Å²) in [6, 6.07) is 0. The van der Waals surface area contributed by atoms with Crippen molar-refractivity contribution in [3.05, 3.63) is 23.9 Å². The molecule has 0 spiro atoms. The number of hydrogen-bond acceptors (Lipinski definition) is 1. The van der Waals surface area contributed by atoms with Crippen molar-refractivity contribution in [1.29, 1.82) is 0 Å². The Labute approximate surface area is 62.2 Å². The van der Waals surface area contributed by atoms with Crippen LogP contribution in [0.25, 0.3) is 0 Å². The lowest BCUT2D eigenvalue weighted by Gasteiger charge is -1.89. The highest BCUT2D eigenvalue weighted by atomic mass is 14.7. The molecule has 10 heavy (non-hydrogen) atoms. The van der Waals surface area contributed by atoms with E-state index >= 15 is 0 Å². The smallest absolute Gasteiger partial charge is 0.0293 e. The quantitative estimate of drug-likeness (QED) is 0.484. The third-order valence-electron chi connectivity index (χ3n) is 1.51. The molecule has 0 atom stereocenters. The molecule has 0 N–H and O–H groups in total. The molecule has 54 valence electrons. The first-order chi connectivity index (χ1) is 4.89. The van der Waals surface area contributed by atoms with E-state index in [2.05, 4.69) is 24.1 Å². The molecule has 0 aromatic carbocycles.